The third-order valence-corrected chi connectivity index (χ3v) is 6.91. The van der Waals surface area contributed by atoms with Gasteiger partial charge in [-0.15, -0.1) is 10.2 Å². The van der Waals surface area contributed by atoms with Gasteiger partial charge in [0.25, 0.3) is 5.89 Å². The Morgan fingerprint density at radius 1 is 1.12 bits per heavy atom. The molecule has 1 atom stereocenters. The Hall–Kier alpha value is -4.02. The molecule has 3 heterocycles. The van der Waals surface area contributed by atoms with Gasteiger partial charge in [-0.25, -0.2) is 9.78 Å². The smallest absolute Gasteiger partial charge is 0.410 e. The first kappa shape index (κ1) is 30.0. The zero-order valence-corrected chi connectivity index (χ0v) is 24.4. The average Bonchev–Trinajstić information content (AvgIpc) is 3.39. The topological polar surface area (TPSA) is 137 Å². The molecule has 0 spiro atoms. The van der Waals surface area contributed by atoms with E-state index in [2.05, 4.69) is 20.5 Å². The highest BCUT2D eigenvalue weighted by Crippen LogP contribution is 2.32. The normalized spacial score (nSPS) is 14.4. The number of methoxy groups -OCH3 is 1. The molecule has 1 aliphatic heterocycles. The summed E-state index contributed by atoms with van der Waals surface area (Å²) in [4.78, 5) is 43.2. The molecule has 4 rings (SSSR count). The van der Waals surface area contributed by atoms with Crippen molar-refractivity contribution in [2.24, 2.45) is 5.92 Å². The molecule has 1 saturated heterocycles. The van der Waals surface area contributed by atoms with Crippen LogP contribution in [-0.4, -0.2) is 63.7 Å². The van der Waals surface area contributed by atoms with E-state index in [-0.39, 0.29) is 42.5 Å². The number of Topliss-reactive ketones (excluding diaryl/α,β-unsaturated/α-hetero) is 1. The van der Waals surface area contributed by atoms with E-state index < -0.39 is 17.7 Å². The fourth-order valence-corrected chi connectivity index (χ4v) is 4.58. The van der Waals surface area contributed by atoms with Crippen molar-refractivity contribution < 1.29 is 28.3 Å². The van der Waals surface area contributed by atoms with Crippen molar-refractivity contribution in [1.82, 2.24) is 25.4 Å². The Morgan fingerprint density at radius 2 is 1.88 bits per heavy atom. The van der Waals surface area contributed by atoms with Crippen LogP contribution in [0.2, 0.25) is 0 Å². The Kier molecular flexibility index (Phi) is 9.57. The molecule has 11 heteroatoms. The van der Waals surface area contributed by atoms with E-state index in [9.17, 15) is 14.4 Å². The van der Waals surface area contributed by atoms with E-state index in [1.807, 2.05) is 37.3 Å². The second kappa shape index (κ2) is 13.1. The highest BCUT2D eigenvalue weighted by Gasteiger charge is 2.39. The first-order chi connectivity index (χ1) is 19.6. The number of benzene rings is 1. The van der Waals surface area contributed by atoms with Crippen molar-refractivity contribution in [3.05, 3.63) is 36.2 Å². The van der Waals surface area contributed by atoms with Crippen LogP contribution in [0.4, 0.5) is 4.79 Å². The van der Waals surface area contributed by atoms with Crippen LogP contribution >= 0.6 is 0 Å². The van der Waals surface area contributed by atoms with E-state index >= 15 is 0 Å². The maximum absolute atomic E-state index is 13.1. The van der Waals surface area contributed by atoms with Gasteiger partial charge in [-0.3, -0.25) is 9.59 Å². The monoisotopic (exact) mass is 565 g/mol. The Labute approximate surface area is 240 Å². The summed E-state index contributed by atoms with van der Waals surface area (Å²) < 4.78 is 17.0. The maximum Gasteiger partial charge on any atom is 0.410 e. The van der Waals surface area contributed by atoms with Crippen molar-refractivity contribution >= 4 is 28.7 Å². The second-order valence-electron chi connectivity index (χ2n) is 11.3. The van der Waals surface area contributed by atoms with Crippen LogP contribution in [0.25, 0.3) is 22.4 Å². The lowest BCUT2D eigenvalue weighted by molar-refractivity contribution is -0.130. The van der Waals surface area contributed by atoms with Gasteiger partial charge in [-0.1, -0.05) is 38.0 Å². The van der Waals surface area contributed by atoms with Crippen LogP contribution in [0.3, 0.4) is 0 Å². The highest BCUT2D eigenvalue weighted by atomic mass is 16.6. The quantitative estimate of drug-likeness (QED) is 0.292. The number of ether oxygens (including phenoxy) is 2. The number of nitrogens with zero attached hydrogens (tertiary/aromatic N) is 4. The summed E-state index contributed by atoms with van der Waals surface area (Å²) in [5.74, 6) is 0.560. The van der Waals surface area contributed by atoms with Crippen molar-refractivity contribution in [1.29, 1.82) is 0 Å². The molecule has 1 N–H and O–H groups in total. The molecule has 220 valence electrons. The number of fused-ring (bicyclic) bond motifs is 1. The van der Waals surface area contributed by atoms with Gasteiger partial charge in [0, 0.05) is 31.3 Å². The standard InChI is InChI=1S/C30H39N5O6/c1-6-21(36)13-8-7-9-15-24(31-25(37)20-17-35(18-20)29(38)41-30(2,3)4)28-34-33-27(40-28)22-16-19-12-10-11-14-23(19)32-26(22)39-5/h10-12,14,16,20,24H,6-9,13,15,17-18H2,1-5H3,(H,31,37). The van der Waals surface area contributed by atoms with Crippen LogP contribution in [0, 0.1) is 5.92 Å². The summed E-state index contributed by atoms with van der Waals surface area (Å²) in [5.41, 5.74) is 0.733. The van der Waals surface area contributed by atoms with Gasteiger partial charge < -0.3 is 24.1 Å². The number of hydrogen-bond acceptors (Lipinski definition) is 9. The largest absolute Gasteiger partial charge is 0.480 e. The summed E-state index contributed by atoms with van der Waals surface area (Å²) >= 11 is 0. The van der Waals surface area contributed by atoms with Crippen molar-refractivity contribution in [2.75, 3.05) is 20.2 Å². The van der Waals surface area contributed by atoms with Crippen LogP contribution < -0.4 is 10.1 Å². The van der Waals surface area contributed by atoms with Gasteiger partial charge in [0.2, 0.25) is 17.7 Å². The predicted molar refractivity (Wildman–Crippen MR) is 152 cm³/mol. The number of unbranched alkanes of at least 4 members (excludes halogenated alkanes) is 2. The van der Waals surface area contributed by atoms with Gasteiger partial charge >= 0.3 is 6.09 Å². The van der Waals surface area contributed by atoms with E-state index in [4.69, 9.17) is 13.9 Å². The van der Waals surface area contributed by atoms with E-state index in [0.29, 0.717) is 30.7 Å². The number of rotatable bonds is 12. The minimum absolute atomic E-state index is 0.194. The van der Waals surface area contributed by atoms with Crippen LogP contribution in [0.15, 0.2) is 34.7 Å². The molecule has 1 fully saturated rings. The van der Waals surface area contributed by atoms with Crippen molar-refractivity contribution in [2.45, 2.75) is 77.9 Å². The summed E-state index contributed by atoms with van der Waals surface area (Å²) in [6, 6.07) is 9.01. The molecule has 3 aromatic rings. The molecule has 41 heavy (non-hydrogen) atoms. The number of aromatic nitrogens is 3. The number of amides is 2. The third-order valence-electron chi connectivity index (χ3n) is 6.91. The first-order valence-electron chi connectivity index (χ1n) is 14.2. The van der Waals surface area contributed by atoms with Crippen LogP contribution in [0.1, 0.15) is 78.2 Å². The Bertz CT molecular complexity index is 1380. The molecule has 0 saturated carbocycles. The van der Waals surface area contributed by atoms with Crippen molar-refractivity contribution in [3.8, 4) is 17.3 Å². The number of carbonyl (C=O) groups excluding carboxylic acids is 3. The summed E-state index contributed by atoms with van der Waals surface area (Å²) in [5, 5.41) is 12.5. The maximum atomic E-state index is 13.1. The van der Waals surface area contributed by atoms with Crippen molar-refractivity contribution in [3.63, 3.8) is 0 Å². The number of carbonyl (C=O) groups is 3. The van der Waals surface area contributed by atoms with E-state index in [1.165, 1.54) is 12.0 Å². The molecule has 1 aliphatic rings. The highest BCUT2D eigenvalue weighted by molar-refractivity contribution is 5.85. The summed E-state index contributed by atoms with van der Waals surface area (Å²) in [6.07, 6.45) is 3.60. The first-order valence-corrected chi connectivity index (χ1v) is 14.2. The number of nitrogens with one attached hydrogen (secondary N) is 1. The van der Waals surface area contributed by atoms with Crippen LogP contribution in [-0.2, 0) is 14.3 Å². The zero-order chi connectivity index (χ0) is 29.6. The lowest BCUT2D eigenvalue weighted by Crippen LogP contribution is -2.57. The van der Waals surface area contributed by atoms with E-state index in [1.54, 1.807) is 20.8 Å². The SMILES string of the molecule is CCC(=O)CCCCCC(NC(=O)C1CN(C(=O)OC(C)(C)C)C1)c1nnc(-c2cc3ccccc3nc2OC)o1. The lowest BCUT2D eigenvalue weighted by atomic mass is 9.98. The predicted octanol–water partition coefficient (Wildman–Crippen LogP) is 5.25. The van der Waals surface area contributed by atoms with Gasteiger partial charge in [-0.05, 0) is 45.7 Å². The summed E-state index contributed by atoms with van der Waals surface area (Å²) in [6.45, 7) is 7.84. The van der Waals surface area contributed by atoms with Gasteiger partial charge in [0.05, 0.1) is 18.5 Å². The lowest BCUT2D eigenvalue weighted by Gasteiger charge is -2.39. The number of para-hydroxylation sites is 1. The fraction of sp³-hybridized carbons (Fsp3) is 0.533. The average molecular weight is 566 g/mol. The minimum atomic E-state index is -0.601. The molecule has 1 aromatic carbocycles. The van der Waals surface area contributed by atoms with E-state index in [0.717, 1.165) is 30.2 Å². The number of pyridine rings is 1. The van der Waals surface area contributed by atoms with Gasteiger partial charge in [0.15, 0.2) is 0 Å². The second-order valence-corrected chi connectivity index (χ2v) is 11.3. The number of likely N-dealkylation sites (tertiary alicyclic amines) is 1. The third kappa shape index (κ3) is 7.80. The number of hydrogen-bond donors (Lipinski definition) is 1. The van der Waals surface area contributed by atoms with Gasteiger partial charge in [0.1, 0.15) is 23.0 Å². The molecule has 1 unspecified atom stereocenters. The zero-order valence-electron chi connectivity index (χ0n) is 24.4. The van der Waals surface area contributed by atoms with Gasteiger partial charge in [-0.2, -0.15) is 0 Å². The molecule has 0 radical (unpaired) electrons. The Balaban J connectivity index is 1.47. The molecule has 0 aliphatic carbocycles. The Morgan fingerprint density at radius 3 is 2.59 bits per heavy atom. The molecule has 2 amide bonds. The molecular weight excluding hydrogens is 526 g/mol. The minimum Gasteiger partial charge on any atom is -0.480 e. The summed E-state index contributed by atoms with van der Waals surface area (Å²) in [7, 11) is 1.53. The molecule has 0 bridgehead atoms. The fourth-order valence-electron chi connectivity index (χ4n) is 4.58. The molecular formula is C30H39N5O6. The molecule has 2 aromatic heterocycles. The molecule has 11 nitrogen and oxygen atoms in total. The number of ketones is 1. The van der Waals surface area contributed by atoms with Crippen LogP contribution in [0.5, 0.6) is 5.88 Å².